The van der Waals surface area contributed by atoms with E-state index in [2.05, 4.69) is 31.3 Å². The number of rotatable bonds is 8. The molecule has 0 radical (unpaired) electrons. The molecule has 0 saturated heterocycles. The number of H-pyrrole nitrogens is 1. The lowest BCUT2D eigenvalue weighted by molar-refractivity contribution is -0.274. The van der Waals surface area contributed by atoms with Crippen LogP contribution < -0.4 is 14.8 Å². The van der Waals surface area contributed by atoms with Gasteiger partial charge < -0.3 is 15.0 Å². The van der Waals surface area contributed by atoms with E-state index in [0.717, 1.165) is 0 Å². The third kappa shape index (κ3) is 5.73. The van der Waals surface area contributed by atoms with Crippen LogP contribution in [0.25, 0.3) is 11.0 Å². The highest BCUT2D eigenvalue weighted by Gasteiger charge is 2.31. The van der Waals surface area contributed by atoms with Gasteiger partial charge in [0.15, 0.2) is 0 Å². The molecule has 5 nitrogen and oxygen atoms in total. The van der Waals surface area contributed by atoms with E-state index in [4.69, 9.17) is 0 Å². The fourth-order valence-electron chi connectivity index (χ4n) is 1.99. The van der Waals surface area contributed by atoms with Crippen LogP contribution in [0.3, 0.4) is 0 Å². The Labute approximate surface area is 142 Å². The molecule has 0 bridgehead atoms. The zero-order valence-electron chi connectivity index (χ0n) is 13.3. The quantitative estimate of drug-likeness (QED) is 0.495. The first-order valence-corrected chi connectivity index (χ1v) is 8.05. The van der Waals surface area contributed by atoms with E-state index >= 15 is 0 Å². The van der Waals surface area contributed by atoms with Crippen molar-refractivity contribution in [1.82, 2.24) is 20.0 Å². The van der Waals surface area contributed by atoms with Crippen LogP contribution in [0.5, 0.6) is 5.75 Å². The molecule has 0 unspecified atom stereocenters. The largest absolute Gasteiger partial charge is 0.573 e. The van der Waals surface area contributed by atoms with Gasteiger partial charge in [-0.05, 0) is 31.4 Å². The monoisotopic (exact) mass is 360 g/mol. The predicted molar refractivity (Wildman–Crippen MR) is 89.5 cm³/mol. The van der Waals surface area contributed by atoms with Gasteiger partial charge in [0, 0.05) is 18.2 Å². The summed E-state index contributed by atoms with van der Waals surface area (Å²) in [7, 11) is 0. The summed E-state index contributed by atoms with van der Waals surface area (Å²) in [6.07, 6.45) is -4.71. The number of hydrogen-bond donors (Lipinski definition) is 3. The molecule has 1 aromatic carbocycles. The minimum atomic E-state index is -4.71. The molecule has 0 saturated carbocycles. The second-order valence-corrected chi connectivity index (χ2v) is 6.61. The number of fused-ring (bicyclic) bond motifs is 1. The van der Waals surface area contributed by atoms with Crippen molar-refractivity contribution in [1.29, 1.82) is 0 Å². The number of imidazole rings is 1. The standard InChI is InChI=1S/C15H19F3N4OS/c1-4-24-20-9-14(2,3)19-8-13-21-11-6-5-10(7-12(11)22-13)23-15(16,17)18/h4-7,19-20H,1,8-9H2,2-3H3,(H,21,22). The molecule has 132 valence electrons. The van der Waals surface area contributed by atoms with Gasteiger partial charge in [0.2, 0.25) is 0 Å². The van der Waals surface area contributed by atoms with Gasteiger partial charge in [0.1, 0.15) is 11.6 Å². The van der Waals surface area contributed by atoms with Crippen molar-refractivity contribution in [3.63, 3.8) is 0 Å². The Morgan fingerprint density at radius 3 is 2.79 bits per heavy atom. The van der Waals surface area contributed by atoms with Gasteiger partial charge in [-0.1, -0.05) is 18.5 Å². The zero-order chi connectivity index (χ0) is 17.8. The summed E-state index contributed by atoms with van der Waals surface area (Å²) in [5.74, 6) is 0.364. The summed E-state index contributed by atoms with van der Waals surface area (Å²) in [6.45, 7) is 8.83. The van der Waals surface area contributed by atoms with Crippen molar-refractivity contribution in [3.8, 4) is 5.75 Å². The SMILES string of the molecule is C=CSNCC(C)(C)NCc1nc2ccc(OC(F)(F)F)cc2[nH]1. The number of alkyl halides is 3. The molecular weight excluding hydrogens is 341 g/mol. The second kappa shape index (κ2) is 7.45. The minimum Gasteiger partial charge on any atom is -0.406 e. The van der Waals surface area contributed by atoms with E-state index in [-0.39, 0.29) is 11.3 Å². The first kappa shape index (κ1) is 18.6. The summed E-state index contributed by atoms with van der Waals surface area (Å²) in [6, 6.07) is 4.02. The van der Waals surface area contributed by atoms with Crippen LogP contribution in [0.2, 0.25) is 0 Å². The minimum absolute atomic E-state index is 0.195. The van der Waals surface area contributed by atoms with Crippen molar-refractivity contribution in [2.75, 3.05) is 6.54 Å². The van der Waals surface area contributed by atoms with Gasteiger partial charge in [-0.15, -0.1) is 13.2 Å². The molecular formula is C15H19F3N4OS. The Kier molecular flexibility index (Phi) is 5.79. The van der Waals surface area contributed by atoms with Gasteiger partial charge >= 0.3 is 6.36 Å². The normalized spacial score (nSPS) is 12.5. The molecule has 24 heavy (non-hydrogen) atoms. The van der Waals surface area contributed by atoms with E-state index in [1.807, 2.05) is 13.8 Å². The number of nitrogens with zero attached hydrogens (tertiary/aromatic N) is 1. The lowest BCUT2D eigenvalue weighted by atomic mass is 10.1. The highest BCUT2D eigenvalue weighted by atomic mass is 32.2. The highest BCUT2D eigenvalue weighted by Crippen LogP contribution is 2.25. The lowest BCUT2D eigenvalue weighted by Gasteiger charge is -2.25. The maximum absolute atomic E-state index is 12.3. The van der Waals surface area contributed by atoms with Crippen LogP contribution in [0.1, 0.15) is 19.7 Å². The molecule has 3 N–H and O–H groups in total. The summed E-state index contributed by atoms with van der Waals surface area (Å²) < 4.78 is 43.8. The Morgan fingerprint density at radius 1 is 1.38 bits per heavy atom. The Morgan fingerprint density at radius 2 is 2.12 bits per heavy atom. The van der Waals surface area contributed by atoms with Crippen LogP contribution in [0, 0.1) is 0 Å². The number of benzene rings is 1. The molecule has 0 aliphatic carbocycles. The Bertz CT molecular complexity index is 700. The van der Waals surface area contributed by atoms with Crippen molar-refractivity contribution < 1.29 is 17.9 Å². The molecule has 0 atom stereocenters. The summed E-state index contributed by atoms with van der Waals surface area (Å²) >= 11 is 1.41. The first-order chi connectivity index (χ1) is 11.2. The van der Waals surface area contributed by atoms with Crippen LogP contribution >= 0.6 is 11.9 Å². The van der Waals surface area contributed by atoms with Crippen molar-refractivity contribution in [2.45, 2.75) is 32.3 Å². The third-order valence-electron chi connectivity index (χ3n) is 3.15. The van der Waals surface area contributed by atoms with E-state index in [9.17, 15) is 13.2 Å². The van der Waals surface area contributed by atoms with Crippen molar-refractivity contribution >= 4 is 23.0 Å². The van der Waals surface area contributed by atoms with E-state index in [0.29, 0.717) is 29.9 Å². The molecule has 0 fully saturated rings. The second-order valence-electron chi connectivity index (χ2n) is 5.75. The van der Waals surface area contributed by atoms with Crippen LogP contribution in [-0.4, -0.2) is 28.4 Å². The van der Waals surface area contributed by atoms with E-state index < -0.39 is 6.36 Å². The van der Waals surface area contributed by atoms with Gasteiger partial charge in [-0.25, -0.2) is 4.98 Å². The number of ether oxygens (including phenoxy) is 1. The molecule has 0 aliphatic heterocycles. The Hall–Kier alpha value is -1.71. The van der Waals surface area contributed by atoms with Gasteiger partial charge in [0.05, 0.1) is 17.6 Å². The summed E-state index contributed by atoms with van der Waals surface area (Å²) in [4.78, 5) is 7.35. The van der Waals surface area contributed by atoms with E-state index in [1.54, 1.807) is 5.41 Å². The molecule has 2 aromatic rings. The number of aromatic amines is 1. The maximum Gasteiger partial charge on any atom is 0.573 e. The van der Waals surface area contributed by atoms with Crippen LogP contribution in [0.15, 0.2) is 30.2 Å². The smallest absolute Gasteiger partial charge is 0.406 e. The molecule has 1 heterocycles. The molecule has 0 spiro atoms. The fraction of sp³-hybridized carbons (Fsp3) is 0.400. The van der Waals surface area contributed by atoms with Gasteiger partial charge in [-0.3, -0.25) is 4.72 Å². The maximum atomic E-state index is 12.3. The molecule has 0 amide bonds. The summed E-state index contributed by atoms with van der Waals surface area (Å²) in [5.41, 5.74) is 0.880. The van der Waals surface area contributed by atoms with Gasteiger partial charge in [-0.2, -0.15) is 0 Å². The van der Waals surface area contributed by atoms with Crippen LogP contribution in [0.4, 0.5) is 13.2 Å². The molecule has 0 aliphatic rings. The summed E-state index contributed by atoms with van der Waals surface area (Å²) in [5, 5.41) is 5.04. The average molecular weight is 360 g/mol. The topological polar surface area (TPSA) is 62.0 Å². The first-order valence-electron chi connectivity index (χ1n) is 7.17. The third-order valence-corrected chi connectivity index (χ3v) is 3.63. The Balaban J connectivity index is 2.01. The zero-order valence-corrected chi connectivity index (χ0v) is 14.1. The van der Waals surface area contributed by atoms with Crippen LogP contribution in [-0.2, 0) is 6.54 Å². The average Bonchev–Trinajstić information content (AvgIpc) is 2.86. The van der Waals surface area contributed by atoms with Crippen molar-refractivity contribution in [2.24, 2.45) is 0 Å². The number of nitrogens with one attached hydrogen (secondary N) is 3. The van der Waals surface area contributed by atoms with Crippen molar-refractivity contribution in [3.05, 3.63) is 36.0 Å². The number of halogens is 3. The fourth-order valence-corrected chi connectivity index (χ4v) is 2.55. The number of aromatic nitrogens is 2. The molecule has 1 aromatic heterocycles. The van der Waals surface area contributed by atoms with E-state index in [1.165, 1.54) is 30.1 Å². The lowest BCUT2D eigenvalue weighted by Crippen LogP contribution is -2.45. The highest BCUT2D eigenvalue weighted by molar-refractivity contribution is 8.00. The predicted octanol–water partition coefficient (Wildman–Crippen LogP) is 3.71. The number of hydrogen-bond acceptors (Lipinski definition) is 5. The molecule has 2 rings (SSSR count). The van der Waals surface area contributed by atoms with Gasteiger partial charge in [0.25, 0.3) is 0 Å². The molecule has 9 heteroatoms.